The molecule has 2 rings (SSSR count). The summed E-state index contributed by atoms with van der Waals surface area (Å²) in [5.74, 6) is -0.300. The van der Waals surface area contributed by atoms with Gasteiger partial charge in [-0.2, -0.15) is 0 Å². The lowest BCUT2D eigenvalue weighted by atomic mass is 9.66. The van der Waals surface area contributed by atoms with Gasteiger partial charge in [-0.15, -0.1) is 0 Å². The summed E-state index contributed by atoms with van der Waals surface area (Å²) in [5.41, 5.74) is 0.101. The number of benzene rings is 1. The molecule has 0 aromatic heterocycles. The van der Waals surface area contributed by atoms with Gasteiger partial charge in [-0.1, -0.05) is 18.6 Å². The van der Waals surface area contributed by atoms with Crippen molar-refractivity contribution in [1.29, 1.82) is 0 Å². The minimum atomic E-state index is -0.859. The Hall–Kier alpha value is -2.04. The SMILES string of the molecule is CCOc1cccc(CNC(=O)CC2(C(=O)O)CCC2)c1. The zero-order chi connectivity index (χ0) is 15.3. The quantitative estimate of drug-likeness (QED) is 0.808. The van der Waals surface area contributed by atoms with Crippen LogP contribution in [0.1, 0.15) is 38.2 Å². The third kappa shape index (κ3) is 3.74. The fourth-order valence-corrected chi connectivity index (χ4v) is 2.55. The van der Waals surface area contributed by atoms with E-state index < -0.39 is 11.4 Å². The van der Waals surface area contributed by atoms with Crippen molar-refractivity contribution in [2.24, 2.45) is 5.41 Å². The summed E-state index contributed by atoms with van der Waals surface area (Å²) >= 11 is 0. The van der Waals surface area contributed by atoms with E-state index in [1.54, 1.807) is 0 Å². The number of carbonyl (C=O) groups is 2. The van der Waals surface area contributed by atoms with Gasteiger partial charge in [-0.25, -0.2) is 0 Å². The van der Waals surface area contributed by atoms with Crippen LogP contribution in [-0.4, -0.2) is 23.6 Å². The Morgan fingerprint density at radius 2 is 2.14 bits per heavy atom. The van der Waals surface area contributed by atoms with Gasteiger partial charge in [-0.05, 0) is 37.5 Å². The maximum atomic E-state index is 11.9. The van der Waals surface area contributed by atoms with Crippen LogP contribution in [0.3, 0.4) is 0 Å². The van der Waals surface area contributed by atoms with Crippen molar-refractivity contribution in [2.75, 3.05) is 6.61 Å². The highest BCUT2D eigenvalue weighted by atomic mass is 16.5. The van der Waals surface area contributed by atoms with Crippen LogP contribution in [-0.2, 0) is 16.1 Å². The minimum Gasteiger partial charge on any atom is -0.494 e. The van der Waals surface area contributed by atoms with Crippen LogP contribution >= 0.6 is 0 Å². The van der Waals surface area contributed by atoms with Crippen molar-refractivity contribution in [1.82, 2.24) is 5.32 Å². The second-order valence-corrected chi connectivity index (χ2v) is 5.47. The summed E-state index contributed by atoms with van der Waals surface area (Å²) in [7, 11) is 0. The van der Waals surface area contributed by atoms with E-state index in [0.29, 0.717) is 26.0 Å². The van der Waals surface area contributed by atoms with Gasteiger partial charge in [0.2, 0.25) is 5.91 Å². The highest BCUT2D eigenvalue weighted by Crippen LogP contribution is 2.44. The number of carboxylic acid groups (broad SMARTS) is 1. The Morgan fingerprint density at radius 3 is 2.71 bits per heavy atom. The lowest BCUT2D eigenvalue weighted by Crippen LogP contribution is -2.42. The molecule has 1 amide bonds. The van der Waals surface area contributed by atoms with E-state index in [1.165, 1.54) is 0 Å². The standard InChI is InChI=1S/C16H21NO4/c1-2-21-13-6-3-5-12(9-13)11-17-14(18)10-16(15(19)20)7-4-8-16/h3,5-6,9H,2,4,7-8,10-11H2,1H3,(H,17,18)(H,19,20). The molecule has 0 bridgehead atoms. The normalized spacial score (nSPS) is 15.9. The first kappa shape index (κ1) is 15.4. The van der Waals surface area contributed by atoms with Crippen LogP contribution in [0.15, 0.2) is 24.3 Å². The van der Waals surface area contributed by atoms with E-state index in [9.17, 15) is 14.7 Å². The summed E-state index contributed by atoms with van der Waals surface area (Å²) < 4.78 is 5.40. The minimum absolute atomic E-state index is 0.0630. The van der Waals surface area contributed by atoms with E-state index in [0.717, 1.165) is 17.7 Å². The summed E-state index contributed by atoms with van der Waals surface area (Å²) in [4.78, 5) is 23.2. The molecule has 0 aliphatic heterocycles. The molecule has 21 heavy (non-hydrogen) atoms. The van der Waals surface area contributed by atoms with Crippen molar-refractivity contribution in [3.63, 3.8) is 0 Å². The lowest BCUT2D eigenvalue weighted by Gasteiger charge is -2.36. The van der Waals surface area contributed by atoms with Crippen LogP contribution in [0.2, 0.25) is 0 Å². The molecule has 0 spiro atoms. The molecule has 114 valence electrons. The zero-order valence-electron chi connectivity index (χ0n) is 12.2. The van der Waals surface area contributed by atoms with Crippen molar-refractivity contribution in [3.05, 3.63) is 29.8 Å². The van der Waals surface area contributed by atoms with E-state index >= 15 is 0 Å². The van der Waals surface area contributed by atoms with Crippen LogP contribution in [0.5, 0.6) is 5.75 Å². The largest absolute Gasteiger partial charge is 0.494 e. The Morgan fingerprint density at radius 1 is 1.38 bits per heavy atom. The van der Waals surface area contributed by atoms with Gasteiger partial charge in [0.25, 0.3) is 0 Å². The maximum Gasteiger partial charge on any atom is 0.310 e. The number of hydrogen-bond acceptors (Lipinski definition) is 3. The van der Waals surface area contributed by atoms with Crippen LogP contribution in [0, 0.1) is 5.41 Å². The van der Waals surface area contributed by atoms with E-state index in [2.05, 4.69) is 5.32 Å². The summed E-state index contributed by atoms with van der Waals surface area (Å²) in [6, 6.07) is 7.51. The first-order valence-corrected chi connectivity index (χ1v) is 7.27. The number of nitrogens with one attached hydrogen (secondary N) is 1. The number of ether oxygens (including phenoxy) is 1. The molecule has 1 saturated carbocycles. The highest BCUT2D eigenvalue weighted by molar-refractivity contribution is 5.85. The van der Waals surface area contributed by atoms with E-state index in [-0.39, 0.29) is 12.3 Å². The molecule has 1 fully saturated rings. The van der Waals surface area contributed by atoms with Gasteiger partial charge in [0, 0.05) is 13.0 Å². The van der Waals surface area contributed by atoms with Gasteiger partial charge in [-0.3, -0.25) is 9.59 Å². The predicted octanol–water partition coefficient (Wildman–Crippen LogP) is 2.35. The molecule has 5 nitrogen and oxygen atoms in total. The van der Waals surface area contributed by atoms with Crippen molar-refractivity contribution < 1.29 is 19.4 Å². The van der Waals surface area contributed by atoms with Gasteiger partial charge in [0.15, 0.2) is 0 Å². The molecule has 0 saturated heterocycles. The predicted molar refractivity (Wildman–Crippen MR) is 78.0 cm³/mol. The van der Waals surface area contributed by atoms with Crippen molar-refractivity contribution in [2.45, 2.75) is 39.2 Å². The summed E-state index contributed by atoms with van der Waals surface area (Å²) in [5, 5.41) is 12.0. The number of hydrogen-bond donors (Lipinski definition) is 2. The fraction of sp³-hybridized carbons (Fsp3) is 0.500. The first-order chi connectivity index (χ1) is 10.1. The molecule has 2 N–H and O–H groups in total. The number of carbonyl (C=O) groups excluding carboxylic acids is 1. The first-order valence-electron chi connectivity index (χ1n) is 7.27. The Labute approximate surface area is 124 Å². The maximum absolute atomic E-state index is 11.9. The van der Waals surface area contributed by atoms with Crippen molar-refractivity contribution in [3.8, 4) is 5.75 Å². The third-order valence-electron chi connectivity index (χ3n) is 3.96. The topological polar surface area (TPSA) is 75.6 Å². The van der Waals surface area contributed by atoms with Crippen LogP contribution in [0.4, 0.5) is 0 Å². The van der Waals surface area contributed by atoms with E-state index in [4.69, 9.17) is 4.74 Å². The molecule has 0 unspecified atom stereocenters. The molecule has 1 aromatic rings. The van der Waals surface area contributed by atoms with Crippen molar-refractivity contribution >= 4 is 11.9 Å². The number of rotatable bonds is 7. The van der Waals surface area contributed by atoms with Crippen LogP contribution in [0.25, 0.3) is 0 Å². The fourth-order valence-electron chi connectivity index (χ4n) is 2.55. The monoisotopic (exact) mass is 291 g/mol. The molecular formula is C16H21NO4. The summed E-state index contributed by atoms with van der Waals surface area (Å²) in [6.07, 6.45) is 2.13. The van der Waals surface area contributed by atoms with Gasteiger partial charge in [0.05, 0.1) is 12.0 Å². The second-order valence-electron chi connectivity index (χ2n) is 5.47. The Kier molecular flexibility index (Phi) is 4.83. The Bertz CT molecular complexity index is 523. The number of amides is 1. The second kappa shape index (κ2) is 6.61. The molecule has 1 aliphatic rings. The average molecular weight is 291 g/mol. The molecule has 0 radical (unpaired) electrons. The van der Waals surface area contributed by atoms with Gasteiger partial charge < -0.3 is 15.2 Å². The summed E-state index contributed by atoms with van der Waals surface area (Å²) in [6.45, 7) is 2.89. The molecular weight excluding hydrogens is 270 g/mol. The molecule has 0 atom stereocenters. The van der Waals surface area contributed by atoms with Gasteiger partial charge in [0.1, 0.15) is 5.75 Å². The van der Waals surface area contributed by atoms with Crippen LogP contribution < -0.4 is 10.1 Å². The molecule has 1 aliphatic carbocycles. The van der Waals surface area contributed by atoms with Gasteiger partial charge >= 0.3 is 5.97 Å². The molecule has 0 heterocycles. The number of aliphatic carboxylic acids is 1. The average Bonchev–Trinajstić information content (AvgIpc) is 2.41. The van der Waals surface area contributed by atoms with E-state index in [1.807, 2.05) is 31.2 Å². The lowest BCUT2D eigenvalue weighted by molar-refractivity contribution is -0.157. The smallest absolute Gasteiger partial charge is 0.310 e. The molecule has 5 heteroatoms. The number of carboxylic acids is 1. The highest BCUT2D eigenvalue weighted by Gasteiger charge is 2.45. The third-order valence-corrected chi connectivity index (χ3v) is 3.96. The zero-order valence-corrected chi connectivity index (χ0v) is 12.2. The molecule has 1 aromatic carbocycles. The Balaban J connectivity index is 1.86.